The topological polar surface area (TPSA) is 68.9 Å². The van der Waals surface area contributed by atoms with Gasteiger partial charge in [0.1, 0.15) is 0 Å². The first-order chi connectivity index (χ1) is 8.25. The fourth-order valence-electron chi connectivity index (χ4n) is 1.31. The molecule has 1 aliphatic rings. The lowest BCUT2D eigenvalue weighted by Crippen LogP contribution is -2.23. The fraction of sp³-hybridized carbons (Fsp3) is 0.0909. The zero-order chi connectivity index (χ0) is 12.1. The highest BCUT2D eigenvalue weighted by Crippen LogP contribution is 2.32. The molecule has 0 aliphatic carbocycles. The molecule has 0 fully saturated rings. The third kappa shape index (κ3) is 3.18. The van der Waals surface area contributed by atoms with Crippen molar-refractivity contribution in [3.05, 3.63) is 29.8 Å². The predicted molar refractivity (Wildman–Crippen MR) is 70.0 cm³/mol. The van der Waals surface area contributed by atoms with Crippen molar-refractivity contribution in [2.45, 2.75) is 0 Å². The van der Waals surface area contributed by atoms with Gasteiger partial charge in [-0.25, -0.2) is 0 Å². The zero-order valence-corrected chi connectivity index (χ0v) is 9.74. The minimum Gasteiger partial charge on any atom is -0.454 e. The van der Waals surface area contributed by atoms with Gasteiger partial charge in [-0.05, 0) is 36.0 Å². The Morgan fingerprint density at radius 1 is 1.41 bits per heavy atom. The Bertz CT molecular complexity index is 486. The molecule has 0 amide bonds. The molecule has 17 heavy (non-hydrogen) atoms. The molecule has 88 valence electrons. The number of hydrazone groups is 1. The number of fused-ring (bicyclic) bond motifs is 1. The Labute approximate surface area is 104 Å². The van der Waals surface area contributed by atoms with Gasteiger partial charge in [-0.15, -0.1) is 0 Å². The van der Waals surface area contributed by atoms with Crippen LogP contribution in [0.3, 0.4) is 0 Å². The van der Waals surface area contributed by atoms with Gasteiger partial charge in [-0.2, -0.15) is 5.10 Å². The number of hydrogen-bond acceptors (Lipinski definition) is 4. The maximum absolute atomic E-state index is 5.26. The summed E-state index contributed by atoms with van der Waals surface area (Å²) < 4.78 is 10.5. The summed E-state index contributed by atoms with van der Waals surface area (Å²) in [6.07, 6.45) is 5.21. The maximum atomic E-state index is 5.26. The Morgan fingerprint density at radius 3 is 3.06 bits per heavy atom. The van der Waals surface area contributed by atoms with E-state index in [2.05, 4.69) is 22.7 Å². The van der Waals surface area contributed by atoms with Crippen LogP contribution in [-0.2, 0) is 0 Å². The van der Waals surface area contributed by atoms with Gasteiger partial charge in [0.05, 0.1) is 0 Å². The Hall–Kier alpha value is -2.08. The van der Waals surface area contributed by atoms with E-state index in [0.29, 0.717) is 0 Å². The summed E-state index contributed by atoms with van der Waals surface area (Å²) >= 11 is 4.59. The molecule has 5 nitrogen and oxygen atoms in total. The first kappa shape index (κ1) is 11.4. The number of allylic oxidation sites excluding steroid dienone is 1. The van der Waals surface area contributed by atoms with Crippen molar-refractivity contribution in [1.82, 2.24) is 5.43 Å². The average Bonchev–Trinajstić information content (AvgIpc) is 2.75. The van der Waals surface area contributed by atoms with Gasteiger partial charge in [-0.1, -0.05) is 12.1 Å². The molecular formula is C11H11N3O2S. The Kier molecular flexibility index (Phi) is 3.56. The highest BCUT2D eigenvalue weighted by atomic mass is 32.1. The molecular weight excluding hydrogens is 238 g/mol. The number of benzene rings is 1. The third-order valence-electron chi connectivity index (χ3n) is 2.02. The van der Waals surface area contributed by atoms with Crippen LogP contribution >= 0.6 is 12.2 Å². The monoisotopic (exact) mass is 249 g/mol. The second kappa shape index (κ2) is 5.31. The summed E-state index contributed by atoms with van der Waals surface area (Å²) in [5.41, 5.74) is 8.65. The van der Waals surface area contributed by atoms with E-state index in [1.807, 2.05) is 24.3 Å². The number of nitrogens with one attached hydrogen (secondary N) is 1. The summed E-state index contributed by atoms with van der Waals surface area (Å²) in [5, 5.41) is 3.91. The fourth-order valence-corrected chi connectivity index (χ4v) is 1.37. The van der Waals surface area contributed by atoms with Crippen LogP contribution in [-0.4, -0.2) is 18.1 Å². The van der Waals surface area contributed by atoms with E-state index < -0.39 is 0 Å². The minimum atomic E-state index is 0.137. The second-order valence-electron chi connectivity index (χ2n) is 3.23. The summed E-state index contributed by atoms with van der Waals surface area (Å²) in [7, 11) is 0. The van der Waals surface area contributed by atoms with E-state index in [4.69, 9.17) is 15.2 Å². The molecule has 1 aromatic rings. The molecule has 0 unspecified atom stereocenters. The predicted octanol–water partition coefficient (Wildman–Crippen LogP) is 1.25. The summed E-state index contributed by atoms with van der Waals surface area (Å²) in [4.78, 5) is 0. The van der Waals surface area contributed by atoms with Crippen LogP contribution in [0.4, 0.5) is 0 Å². The first-order valence-electron chi connectivity index (χ1n) is 4.90. The smallest absolute Gasteiger partial charge is 0.231 e. The van der Waals surface area contributed by atoms with Crippen LogP contribution in [0.1, 0.15) is 5.56 Å². The maximum Gasteiger partial charge on any atom is 0.231 e. The first-order valence-corrected chi connectivity index (χ1v) is 5.31. The van der Waals surface area contributed by atoms with Crippen molar-refractivity contribution >= 4 is 29.6 Å². The van der Waals surface area contributed by atoms with Crippen molar-refractivity contribution in [1.29, 1.82) is 0 Å². The van der Waals surface area contributed by atoms with Crippen LogP contribution in [0.25, 0.3) is 6.08 Å². The van der Waals surface area contributed by atoms with Crippen LogP contribution in [0.15, 0.2) is 29.4 Å². The molecule has 0 saturated carbocycles. The van der Waals surface area contributed by atoms with Crippen molar-refractivity contribution in [3.8, 4) is 11.5 Å². The highest BCUT2D eigenvalue weighted by molar-refractivity contribution is 7.80. The van der Waals surface area contributed by atoms with E-state index in [0.717, 1.165) is 17.1 Å². The molecule has 0 saturated heterocycles. The van der Waals surface area contributed by atoms with Crippen molar-refractivity contribution in [3.63, 3.8) is 0 Å². The molecule has 2 rings (SSSR count). The number of ether oxygens (including phenoxy) is 2. The lowest BCUT2D eigenvalue weighted by atomic mass is 10.2. The van der Waals surface area contributed by atoms with Gasteiger partial charge in [-0.3, -0.25) is 5.43 Å². The largest absolute Gasteiger partial charge is 0.454 e. The van der Waals surface area contributed by atoms with E-state index in [1.54, 1.807) is 12.3 Å². The molecule has 1 aliphatic heterocycles. The van der Waals surface area contributed by atoms with Crippen molar-refractivity contribution < 1.29 is 9.47 Å². The third-order valence-corrected chi connectivity index (χ3v) is 2.11. The molecule has 0 radical (unpaired) electrons. The Morgan fingerprint density at radius 2 is 2.24 bits per heavy atom. The van der Waals surface area contributed by atoms with Crippen LogP contribution in [0, 0.1) is 0 Å². The van der Waals surface area contributed by atoms with Gasteiger partial charge in [0, 0.05) is 6.21 Å². The van der Waals surface area contributed by atoms with Gasteiger partial charge >= 0.3 is 0 Å². The molecule has 0 aromatic heterocycles. The quantitative estimate of drug-likeness (QED) is 0.479. The van der Waals surface area contributed by atoms with E-state index in [1.165, 1.54) is 0 Å². The zero-order valence-electron chi connectivity index (χ0n) is 8.92. The molecule has 0 spiro atoms. The van der Waals surface area contributed by atoms with Gasteiger partial charge in [0.15, 0.2) is 16.6 Å². The van der Waals surface area contributed by atoms with Crippen molar-refractivity contribution in [2.24, 2.45) is 10.8 Å². The van der Waals surface area contributed by atoms with Crippen LogP contribution in [0.5, 0.6) is 11.5 Å². The van der Waals surface area contributed by atoms with Gasteiger partial charge in [0.25, 0.3) is 0 Å². The number of nitrogens with two attached hydrogens (primary N) is 1. The molecule has 6 heteroatoms. The van der Waals surface area contributed by atoms with Gasteiger partial charge in [0.2, 0.25) is 6.79 Å². The molecule has 0 bridgehead atoms. The minimum absolute atomic E-state index is 0.137. The lowest BCUT2D eigenvalue weighted by Gasteiger charge is -1.96. The highest BCUT2D eigenvalue weighted by Gasteiger charge is 2.11. The van der Waals surface area contributed by atoms with Crippen LogP contribution < -0.4 is 20.6 Å². The van der Waals surface area contributed by atoms with E-state index in [-0.39, 0.29) is 11.9 Å². The SMILES string of the molecule is NC(=S)N/N=C/C=C/c1ccc2c(c1)OCO2. The number of rotatable bonds is 3. The average molecular weight is 249 g/mol. The van der Waals surface area contributed by atoms with E-state index in [9.17, 15) is 0 Å². The van der Waals surface area contributed by atoms with Crippen molar-refractivity contribution in [2.75, 3.05) is 6.79 Å². The van der Waals surface area contributed by atoms with Gasteiger partial charge < -0.3 is 15.2 Å². The molecule has 3 N–H and O–H groups in total. The number of thiocarbonyl (C=S) groups is 1. The summed E-state index contributed by atoms with van der Waals surface area (Å²) in [6, 6.07) is 5.69. The lowest BCUT2D eigenvalue weighted by molar-refractivity contribution is 0.174. The number of hydrogen-bond donors (Lipinski definition) is 2. The van der Waals surface area contributed by atoms with Crippen LogP contribution in [0.2, 0.25) is 0 Å². The molecule has 0 atom stereocenters. The Balaban J connectivity index is 1.97. The number of nitrogens with zero attached hydrogens (tertiary/aromatic N) is 1. The molecule has 1 aromatic carbocycles. The normalized spacial score (nSPS) is 13.4. The summed E-state index contributed by atoms with van der Waals surface area (Å²) in [5.74, 6) is 1.52. The standard InChI is InChI=1S/C11H11N3O2S/c12-11(17)14-13-5-1-2-8-3-4-9-10(6-8)16-7-15-9/h1-6H,7H2,(H3,12,14,17)/b2-1+,13-5+. The second-order valence-corrected chi connectivity index (χ2v) is 3.67. The summed E-state index contributed by atoms with van der Waals surface area (Å²) in [6.45, 7) is 0.280. The molecule has 1 heterocycles. The van der Waals surface area contributed by atoms with E-state index >= 15 is 0 Å².